The van der Waals surface area contributed by atoms with E-state index in [1.165, 1.54) is 0 Å². The summed E-state index contributed by atoms with van der Waals surface area (Å²) in [5.41, 5.74) is 0.977. The molecule has 0 aliphatic heterocycles. The number of aliphatic hydroxyl groups is 1. The molecule has 0 heterocycles. The van der Waals surface area contributed by atoms with E-state index in [1.807, 2.05) is 31.2 Å². The van der Waals surface area contributed by atoms with Crippen LogP contribution in [0.25, 0.3) is 0 Å². The molecule has 1 aromatic rings. The molecule has 0 amide bonds. The second-order valence-corrected chi connectivity index (χ2v) is 3.51. The zero-order valence-corrected chi connectivity index (χ0v) is 9.36. The van der Waals surface area contributed by atoms with Crippen LogP contribution in [0.2, 0.25) is 0 Å². The van der Waals surface area contributed by atoms with Crippen LogP contribution in [0.1, 0.15) is 20.3 Å². The number of nitrogens with one attached hydrogen (secondary N) is 1. The third-order valence-electron chi connectivity index (χ3n) is 2.19. The first-order valence-electron chi connectivity index (χ1n) is 5.37. The van der Waals surface area contributed by atoms with Crippen molar-refractivity contribution in [2.75, 3.05) is 18.5 Å². The van der Waals surface area contributed by atoms with Gasteiger partial charge < -0.3 is 15.2 Å². The average molecular weight is 209 g/mol. The highest BCUT2D eigenvalue weighted by molar-refractivity contribution is 5.48. The molecule has 3 nitrogen and oxygen atoms in total. The molecule has 0 bridgehead atoms. The first-order chi connectivity index (χ1) is 7.26. The standard InChI is InChI=1S/C12H19NO2/c1-3-10(2)15-12-6-4-5-11(9-12)13-7-8-14/h4-6,9-10,13-14H,3,7-8H2,1-2H3. The number of ether oxygens (including phenoxy) is 1. The molecule has 0 fully saturated rings. The lowest BCUT2D eigenvalue weighted by Gasteiger charge is -2.13. The Morgan fingerprint density at radius 3 is 2.93 bits per heavy atom. The van der Waals surface area contributed by atoms with E-state index in [-0.39, 0.29) is 12.7 Å². The number of rotatable bonds is 6. The van der Waals surface area contributed by atoms with E-state index < -0.39 is 0 Å². The second-order valence-electron chi connectivity index (χ2n) is 3.51. The summed E-state index contributed by atoms with van der Waals surface area (Å²) in [6.45, 7) is 4.84. The Hall–Kier alpha value is -1.22. The molecule has 3 heteroatoms. The monoisotopic (exact) mass is 209 g/mol. The van der Waals surface area contributed by atoms with Gasteiger partial charge in [-0.3, -0.25) is 0 Å². The van der Waals surface area contributed by atoms with E-state index in [0.717, 1.165) is 17.9 Å². The van der Waals surface area contributed by atoms with Crippen molar-refractivity contribution >= 4 is 5.69 Å². The minimum atomic E-state index is 0.135. The summed E-state index contributed by atoms with van der Waals surface area (Å²) in [6, 6.07) is 7.79. The number of aliphatic hydroxyl groups excluding tert-OH is 1. The summed E-state index contributed by atoms with van der Waals surface area (Å²) in [5, 5.41) is 11.8. The van der Waals surface area contributed by atoms with Crippen LogP contribution in [-0.2, 0) is 0 Å². The smallest absolute Gasteiger partial charge is 0.121 e. The fourth-order valence-electron chi connectivity index (χ4n) is 1.20. The summed E-state index contributed by atoms with van der Waals surface area (Å²) >= 11 is 0. The zero-order chi connectivity index (χ0) is 11.1. The normalized spacial score (nSPS) is 12.2. The molecule has 0 aliphatic carbocycles. The Kier molecular flexibility index (Phi) is 4.98. The molecule has 1 unspecified atom stereocenters. The van der Waals surface area contributed by atoms with Crippen LogP contribution in [0.3, 0.4) is 0 Å². The Morgan fingerprint density at radius 2 is 2.27 bits per heavy atom. The Balaban J connectivity index is 2.57. The van der Waals surface area contributed by atoms with E-state index in [2.05, 4.69) is 12.2 Å². The van der Waals surface area contributed by atoms with Crippen LogP contribution in [0.4, 0.5) is 5.69 Å². The maximum atomic E-state index is 8.69. The Labute approximate surface area is 91.1 Å². The van der Waals surface area contributed by atoms with Crippen LogP contribution in [0.5, 0.6) is 5.75 Å². The fraction of sp³-hybridized carbons (Fsp3) is 0.500. The van der Waals surface area contributed by atoms with Crippen LogP contribution >= 0.6 is 0 Å². The SMILES string of the molecule is CCC(C)Oc1cccc(NCCO)c1. The third kappa shape index (κ3) is 4.21. The minimum absolute atomic E-state index is 0.135. The number of hydrogen-bond donors (Lipinski definition) is 2. The number of benzene rings is 1. The van der Waals surface area contributed by atoms with E-state index in [4.69, 9.17) is 9.84 Å². The lowest BCUT2D eigenvalue weighted by atomic mass is 10.2. The quantitative estimate of drug-likeness (QED) is 0.755. The van der Waals surface area contributed by atoms with Crippen molar-refractivity contribution in [3.05, 3.63) is 24.3 Å². The van der Waals surface area contributed by atoms with Gasteiger partial charge in [-0.25, -0.2) is 0 Å². The topological polar surface area (TPSA) is 41.5 Å². The molecule has 0 spiro atoms. The van der Waals surface area contributed by atoms with Crippen molar-refractivity contribution < 1.29 is 9.84 Å². The van der Waals surface area contributed by atoms with Gasteiger partial charge in [-0.2, -0.15) is 0 Å². The van der Waals surface area contributed by atoms with E-state index in [9.17, 15) is 0 Å². The highest BCUT2D eigenvalue weighted by atomic mass is 16.5. The molecule has 0 aromatic heterocycles. The van der Waals surface area contributed by atoms with Crippen LogP contribution in [-0.4, -0.2) is 24.4 Å². The van der Waals surface area contributed by atoms with Crippen molar-refractivity contribution in [2.24, 2.45) is 0 Å². The molecule has 1 rings (SSSR count). The van der Waals surface area contributed by atoms with Gasteiger partial charge in [0, 0.05) is 18.3 Å². The van der Waals surface area contributed by atoms with E-state index in [1.54, 1.807) is 0 Å². The van der Waals surface area contributed by atoms with Crippen molar-refractivity contribution in [3.8, 4) is 5.75 Å². The van der Waals surface area contributed by atoms with Gasteiger partial charge in [0.2, 0.25) is 0 Å². The second kappa shape index (κ2) is 6.30. The van der Waals surface area contributed by atoms with Gasteiger partial charge in [0.25, 0.3) is 0 Å². The van der Waals surface area contributed by atoms with Crippen LogP contribution < -0.4 is 10.1 Å². The van der Waals surface area contributed by atoms with Crippen molar-refractivity contribution in [3.63, 3.8) is 0 Å². The van der Waals surface area contributed by atoms with Crippen molar-refractivity contribution in [1.29, 1.82) is 0 Å². The lowest BCUT2D eigenvalue weighted by molar-refractivity contribution is 0.217. The van der Waals surface area contributed by atoms with Gasteiger partial charge in [-0.1, -0.05) is 13.0 Å². The molecule has 15 heavy (non-hydrogen) atoms. The Bertz CT molecular complexity index is 289. The van der Waals surface area contributed by atoms with Crippen LogP contribution in [0.15, 0.2) is 24.3 Å². The van der Waals surface area contributed by atoms with Crippen molar-refractivity contribution in [1.82, 2.24) is 0 Å². The van der Waals surface area contributed by atoms with Gasteiger partial charge in [0.15, 0.2) is 0 Å². The number of anilines is 1. The fourth-order valence-corrected chi connectivity index (χ4v) is 1.20. The van der Waals surface area contributed by atoms with Gasteiger partial charge in [-0.15, -0.1) is 0 Å². The molecule has 84 valence electrons. The highest BCUT2D eigenvalue weighted by Crippen LogP contribution is 2.18. The molecule has 2 N–H and O–H groups in total. The summed E-state index contributed by atoms with van der Waals surface area (Å²) in [7, 11) is 0. The van der Waals surface area contributed by atoms with E-state index in [0.29, 0.717) is 6.54 Å². The molecule has 0 saturated heterocycles. The summed E-state index contributed by atoms with van der Waals surface area (Å²) < 4.78 is 5.68. The van der Waals surface area contributed by atoms with Gasteiger partial charge in [0.1, 0.15) is 5.75 Å². The molecule has 0 saturated carbocycles. The van der Waals surface area contributed by atoms with Gasteiger partial charge in [0.05, 0.1) is 12.7 Å². The summed E-state index contributed by atoms with van der Waals surface area (Å²) in [6.07, 6.45) is 1.23. The first-order valence-corrected chi connectivity index (χ1v) is 5.37. The summed E-state index contributed by atoms with van der Waals surface area (Å²) in [4.78, 5) is 0. The molecular weight excluding hydrogens is 190 g/mol. The zero-order valence-electron chi connectivity index (χ0n) is 9.36. The highest BCUT2D eigenvalue weighted by Gasteiger charge is 2.01. The predicted molar refractivity (Wildman–Crippen MR) is 62.4 cm³/mol. The lowest BCUT2D eigenvalue weighted by Crippen LogP contribution is -2.10. The van der Waals surface area contributed by atoms with E-state index >= 15 is 0 Å². The van der Waals surface area contributed by atoms with Gasteiger partial charge in [-0.05, 0) is 25.5 Å². The molecule has 1 aromatic carbocycles. The maximum Gasteiger partial charge on any atom is 0.121 e. The maximum absolute atomic E-state index is 8.69. The third-order valence-corrected chi connectivity index (χ3v) is 2.19. The molecule has 0 aliphatic rings. The van der Waals surface area contributed by atoms with Crippen molar-refractivity contribution in [2.45, 2.75) is 26.4 Å². The van der Waals surface area contributed by atoms with Crippen LogP contribution in [0, 0.1) is 0 Å². The average Bonchev–Trinajstić information content (AvgIpc) is 2.26. The molecule has 0 radical (unpaired) electrons. The first kappa shape index (κ1) is 11.9. The Morgan fingerprint density at radius 1 is 1.47 bits per heavy atom. The van der Waals surface area contributed by atoms with Gasteiger partial charge >= 0.3 is 0 Å². The predicted octanol–water partition coefficient (Wildman–Crippen LogP) is 2.27. The largest absolute Gasteiger partial charge is 0.491 e. The summed E-state index contributed by atoms with van der Waals surface area (Å²) in [5.74, 6) is 0.868. The molecular formula is C12H19NO2. The molecule has 1 atom stereocenters. The minimum Gasteiger partial charge on any atom is -0.491 e. The number of hydrogen-bond acceptors (Lipinski definition) is 3.